The third kappa shape index (κ3) is 4.41. The first-order valence-electron chi connectivity index (χ1n) is 9.37. The fourth-order valence-corrected chi connectivity index (χ4v) is 6.08. The second kappa shape index (κ2) is 7.51. The molecule has 1 aromatic carbocycles. The molecule has 0 unspecified atom stereocenters. The molecule has 0 spiro atoms. The van der Waals surface area contributed by atoms with Gasteiger partial charge in [-0.25, -0.2) is 8.42 Å². The Labute approximate surface area is 168 Å². The van der Waals surface area contributed by atoms with E-state index < -0.39 is 9.84 Å². The van der Waals surface area contributed by atoms with Gasteiger partial charge in [-0.2, -0.15) is 0 Å². The largest absolute Gasteiger partial charge is 0.411 e. The molecule has 150 valence electrons. The summed E-state index contributed by atoms with van der Waals surface area (Å²) < 4.78 is 29.3. The van der Waals surface area contributed by atoms with Crippen LogP contribution in [0.3, 0.4) is 0 Å². The zero-order valence-electron chi connectivity index (χ0n) is 15.9. The van der Waals surface area contributed by atoms with Crippen molar-refractivity contribution in [2.75, 3.05) is 17.3 Å². The number of amides is 1. The molecule has 1 aliphatic carbocycles. The van der Waals surface area contributed by atoms with E-state index >= 15 is 0 Å². The van der Waals surface area contributed by atoms with Crippen LogP contribution in [0.15, 0.2) is 27.8 Å². The van der Waals surface area contributed by atoms with Gasteiger partial charge in [0.15, 0.2) is 9.84 Å². The molecule has 1 saturated carbocycles. The van der Waals surface area contributed by atoms with E-state index in [9.17, 15) is 13.2 Å². The number of nitrogens with zero attached hydrogens (tertiary/aromatic N) is 3. The molecule has 9 heteroatoms. The van der Waals surface area contributed by atoms with E-state index in [0.717, 1.165) is 29.5 Å². The second-order valence-electron chi connectivity index (χ2n) is 7.63. The number of carbonyl (C=O) groups is 1. The summed E-state index contributed by atoms with van der Waals surface area (Å²) in [5.74, 6) is 0.798. The number of benzene rings is 1. The molecule has 0 N–H and O–H groups in total. The fraction of sp³-hybridized carbons (Fsp3) is 0.526. The minimum absolute atomic E-state index is 0.0549. The minimum Gasteiger partial charge on any atom is -0.411 e. The molecule has 2 heterocycles. The zero-order valence-corrected chi connectivity index (χ0v) is 17.6. The summed E-state index contributed by atoms with van der Waals surface area (Å²) in [7, 11) is -3.02. The van der Waals surface area contributed by atoms with Crippen LogP contribution in [0.25, 0.3) is 11.5 Å². The maximum atomic E-state index is 12.8. The Bertz CT molecular complexity index is 978. The molecule has 4 rings (SSSR count). The average molecular weight is 422 g/mol. The van der Waals surface area contributed by atoms with Crippen molar-refractivity contribution in [3.63, 3.8) is 0 Å². The van der Waals surface area contributed by atoms with Gasteiger partial charge in [0.1, 0.15) is 0 Å². The van der Waals surface area contributed by atoms with Gasteiger partial charge in [-0.15, -0.1) is 10.2 Å². The molecule has 7 nitrogen and oxygen atoms in total. The van der Waals surface area contributed by atoms with Gasteiger partial charge >= 0.3 is 0 Å². The average Bonchev–Trinajstić information content (AvgIpc) is 3.21. The van der Waals surface area contributed by atoms with E-state index in [1.807, 2.05) is 26.0 Å². The Kier molecular flexibility index (Phi) is 5.22. The lowest BCUT2D eigenvalue weighted by molar-refractivity contribution is -0.130. The minimum atomic E-state index is -3.02. The first-order valence-corrected chi connectivity index (χ1v) is 12.2. The van der Waals surface area contributed by atoms with Gasteiger partial charge in [-0.05, 0) is 45.2 Å². The SMILES string of the molecule is Cc1cc(C)cc(-c2nnc(SCC(=O)N(C3CC3)[C@@H]3CCS(=O)(=O)C3)o2)c1. The predicted octanol–water partition coefficient (Wildman–Crippen LogP) is 2.62. The molecule has 2 aliphatic rings. The standard InChI is InChI=1S/C19H23N3O4S2/c1-12-7-13(2)9-14(8-12)18-20-21-19(26-18)27-10-17(23)22(15-3-4-15)16-5-6-28(24,25)11-16/h7-9,15-16H,3-6,10-11H2,1-2H3/t16-/m1/s1. The van der Waals surface area contributed by atoms with Gasteiger partial charge in [0.05, 0.1) is 17.3 Å². The molecule has 0 radical (unpaired) electrons. The van der Waals surface area contributed by atoms with E-state index in [0.29, 0.717) is 17.5 Å². The van der Waals surface area contributed by atoms with Crippen molar-refractivity contribution in [1.82, 2.24) is 15.1 Å². The topological polar surface area (TPSA) is 93.4 Å². The maximum Gasteiger partial charge on any atom is 0.277 e. The normalized spacial score (nSPS) is 21.0. The summed E-state index contributed by atoms with van der Waals surface area (Å²) in [6.45, 7) is 4.02. The van der Waals surface area contributed by atoms with Crippen molar-refractivity contribution in [2.24, 2.45) is 0 Å². The zero-order chi connectivity index (χ0) is 19.9. The van der Waals surface area contributed by atoms with Crippen LogP contribution in [0, 0.1) is 13.8 Å². The molecule has 1 amide bonds. The number of aryl methyl sites for hydroxylation is 2. The first-order chi connectivity index (χ1) is 13.3. The van der Waals surface area contributed by atoms with Gasteiger partial charge in [0, 0.05) is 17.6 Å². The lowest BCUT2D eigenvalue weighted by Gasteiger charge is -2.28. The maximum absolute atomic E-state index is 12.8. The molecule has 1 saturated heterocycles. The summed E-state index contributed by atoms with van der Waals surface area (Å²) >= 11 is 1.20. The van der Waals surface area contributed by atoms with Crippen molar-refractivity contribution in [3.05, 3.63) is 29.3 Å². The third-order valence-corrected chi connectivity index (χ3v) is 7.58. The van der Waals surface area contributed by atoms with Gasteiger partial charge in [0.25, 0.3) is 5.22 Å². The number of hydrogen-bond acceptors (Lipinski definition) is 7. The molecule has 28 heavy (non-hydrogen) atoms. The van der Waals surface area contributed by atoms with Crippen molar-refractivity contribution in [1.29, 1.82) is 0 Å². The molecule has 1 aromatic heterocycles. The summed E-state index contributed by atoms with van der Waals surface area (Å²) in [5, 5.41) is 8.48. The van der Waals surface area contributed by atoms with Crippen LogP contribution in [0.1, 0.15) is 30.4 Å². The van der Waals surface area contributed by atoms with Crippen LogP contribution < -0.4 is 0 Å². The quantitative estimate of drug-likeness (QED) is 0.662. The number of aromatic nitrogens is 2. The monoisotopic (exact) mass is 421 g/mol. The van der Waals surface area contributed by atoms with E-state index in [2.05, 4.69) is 16.3 Å². The Balaban J connectivity index is 1.41. The van der Waals surface area contributed by atoms with Gasteiger partial charge in [-0.1, -0.05) is 29.0 Å². The van der Waals surface area contributed by atoms with Crippen LogP contribution in [0.5, 0.6) is 0 Å². The lowest BCUT2D eigenvalue weighted by atomic mass is 10.1. The van der Waals surface area contributed by atoms with Gasteiger partial charge in [0.2, 0.25) is 11.8 Å². The summed E-state index contributed by atoms with van der Waals surface area (Å²) in [4.78, 5) is 14.6. The highest BCUT2D eigenvalue weighted by Gasteiger charge is 2.42. The Morgan fingerprint density at radius 3 is 2.46 bits per heavy atom. The van der Waals surface area contributed by atoms with Crippen molar-refractivity contribution in [2.45, 2.75) is 50.4 Å². The molecule has 1 atom stereocenters. The highest BCUT2D eigenvalue weighted by molar-refractivity contribution is 7.99. The van der Waals surface area contributed by atoms with E-state index in [-0.39, 0.29) is 35.2 Å². The summed E-state index contributed by atoms with van der Waals surface area (Å²) in [6, 6.07) is 6.02. The van der Waals surface area contributed by atoms with Crippen molar-refractivity contribution in [3.8, 4) is 11.5 Å². The van der Waals surface area contributed by atoms with Crippen molar-refractivity contribution < 1.29 is 17.6 Å². The smallest absolute Gasteiger partial charge is 0.277 e. The van der Waals surface area contributed by atoms with Crippen LogP contribution in [0.2, 0.25) is 0 Å². The Morgan fingerprint density at radius 1 is 1.14 bits per heavy atom. The summed E-state index contributed by atoms with van der Waals surface area (Å²) in [5.41, 5.74) is 3.09. The van der Waals surface area contributed by atoms with Crippen LogP contribution in [0.4, 0.5) is 0 Å². The lowest BCUT2D eigenvalue weighted by Crippen LogP contribution is -2.43. The first kappa shape index (κ1) is 19.4. The molecule has 0 bridgehead atoms. The van der Waals surface area contributed by atoms with Crippen LogP contribution in [-0.4, -0.2) is 58.8 Å². The number of rotatable bonds is 6. The fourth-order valence-electron chi connectivity index (χ4n) is 3.73. The predicted molar refractivity (Wildman–Crippen MR) is 107 cm³/mol. The summed E-state index contributed by atoms with van der Waals surface area (Å²) in [6.07, 6.45) is 2.43. The second-order valence-corrected chi connectivity index (χ2v) is 10.8. The molecule has 2 aromatic rings. The van der Waals surface area contributed by atoms with E-state index in [1.165, 1.54) is 11.8 Å². The number of thioether (sulfide) groups is 1. The Morgan fingerprint density at radius 2 is 1.86 bits per heavy atom. The molecular formula is C19H23N3O4S2. The molecular weight excluding hydrogens is 398 g/mol. The van der Waals surface area contributed by atoms with Crippen LogP contribution in [-0.2, 0) is 14.6 Å². The van der Waals surface area contributed by atoms with E-state index in [4.69, 9.17) is 4.42 Å². The number of sulfone groups is 1. The van der Waals surface area contributed by atoms with Crippen molar-refractivity contribution >= 4 is 27.5 Å². The Hall–Kier alpha value is -1.87. The molecule has 2 fully saturated rings. The molecule has 1 aliphatic heterocycles. The van der Waals surface area contributed by atoms with Crippen LogP contribution >= 0.6 is 11.8 Å². The highest BCUT2D eigenvalue weighted by atomic mass is 32.2. The van der Waals surface area contributed by atoms with Gasteiger partial charge in [-0.3, -0.25) is 4.79 Å². The highest BCUT2D eigenvalue weighted by Crippen LogP contribution is 2.33. The van der Waals surface area contributed by atoms with Gasteiger partial charge < -0.3 is 9.32 Å². The number of carbonyl (C=O) groups excluding carboxylic acids is 1. The third-order valence-electron chi connectivity index (χ3n) is 5.02. The van der Waals surface area contributed by atoms with E-state index in [1.54, 1.807) is 4.90 Å². The number of hydrogen-bond donors (Lipinski definition) is 0.